The van der Waals surface area contributed by atoms with Gasteiger partial charge in [-0.05, 0) is 37.3 Å². The lowest BCUT2D eigenvalue weighted by molar-refractivity contribution is 0.456. The van der Waals surface area contributed by atoms with E-state index in [9.17, 15) is 5.11 Å². The molecule has 0 aliphatic carbocycles. The van der Waals surface area contributed by atoms with Gasteiger partial charge in [0.2, 0.25) is 5.88 Å². The van der Waals surface area contributed by atoms with Crippen molar-refractivity contribution in [2.24, 2.45) is 0 Å². The molecule has 0 amide bonds. The van der Waals surface area contributed by atoms with E-state index in [1.165, 1.54) is 0 Å². The lowest BCUT2D eigenvalue weighted by Gasteiger charge is -2.05. The van der Waals surface area contributed by atoms with Crippen LogP contribution in [0.1, 0.15) is 5.69 Å². The molecule has 18 heavy (non-hydrogen) atoms. The minimum absolute atomic E-state index is 0.203. The number of ether oxygens (including phenoxy) is 1. The van der Waals surface area contributed by atoms with Crippen molar-refractivity contribution in [3.8, 4) is 17.4 Å². The predicted molar refractivity (Wildman–Crippen MR) is 65.9 cm³/mol. The maximum atomic E-state index is 9.21. The van der Waals surface area contributed by atoms with Crippen molar-refractivity contribution in [1.29, 1.82) is 0 Å². The van der Waals surface area contributed by atoms with Gasteiger partial charge < -0.3 is 9.84 Å². The monoisotopic (exact) mass is 241 g/mol. The van der Waals surface area contributed by atoms with Crippen LogP contribution in [0.2, 0.25) is 0 Å². The number of phenols is 1. The molecule has 0 fully saturated rings. The number of hydrogen-bond acceptors (Lipinski definition) is 4. The summed E-state index contributed by atoms with van der Waals surface area (Å²) in [6, 6.07) is 8.41. The van der Waals surface area contributed by atoms with Crippen molar-refractivity contribution < 1.29 is 9.84 Å². The molecule has 2 heterocycles. The molecule has 1 aromatic carbocycles. The van der Waals surface area contributed by atoms with Crippen LogP contribution in [-0.2, 0) is 0 Å². The highest BCUT2D eigenvalue weighted by molar-refractivity contribution is 5.57. The largest absolute Gasteiger partial charge is 0.508 e. The third-order valence-corrected chi connectivity index (χ3v) is 2.53. The Morgan fingerprint density at radius 3 is 2.78 bits per heavy atom. The van der Waals surface area contributed by atoms with Crippen molar-refractivity contribution in [3.05, 3.63) is 48.4 Å². The van der Waals surface area contributed by atoms with Gasteiger partial charge in [0, 0.05) is 12.4 Å². The first-order valence-electron chi connectivity index (χ1n) is 5.50. The summed E-state index contributed by atoms with van der Waals surface area (Å²) in [4.78, 5) is 4.19. The molecule has 1 N–H and O–H groups in total. The number of nitrogens with zero attached hydrogens (tertiary/aromatic N) is 3. The molecule has 0 unspecified atom stereocenters. The van der Waals surface area contributed by atoms with Crippen LogP contribution in [0.15, 0.2) is 42.7 Å². The van der Waals surface area contributed by atoms with Crippen molar-refractivity contribution in [2.45, 2.75) is 6.92 Å². The van der Waals surface area contributed by atoms with E-state index in [0.29, 0.717) is 11.6 Å². The minimum atomic E-state index is 0.203. The van der Waals surface area contributed by atoms with Gasteiger partial charge in [-0.15, -0.1) is 0 Å². The lowest BCUT2D eigenvalue weighted by Crippen LogP contribution is -1.93. The van der Waals surface area contributed by atoms with Crippen LogP contribution in [-0.4, -0.2) is 19.7 Å². The Morgan fingerprint density at radius 2 is 2.00 bits per heavy atom. The zero-order chi connectivity index (χ0) is 12.5. The van der Waals surface area contributed by atoms with Gasteiger partial charge in [-0.25, -0.2) is 9.50 Å². The number of hydrogen-bond donors (Lipinski definition) is 1. The van der Waals surface area contributed by atoms with E-state index in [-0.39, 0.29) is 5.75 Å². The molecule has 0 atom stereocenters. The van der Waals surface area contributed by atoms with Crippen molar-refractivity contribution in [1.82, 2.24) is 14.6 Å². The van der Waals surface area contributed by atoms with Crippen LogP contribution in [0, 0.1) is 6.92 Å². The Hall–Kier alpha value is -2.56. The second-order valence-corrected chi connectivity index (χ2v) is 3.94. The standard InChI is InChI=1S/C13H11N3O2/c1-9-8-12-13(14-6-7-16(12)15-9)18-11-4-2-10(17)3-5-11/h2-8,17H,1H3. The van der Waals surface area contributed by atoms with Crippen LogP contribution in [0.5, 0.6) is 17.4 Å². The fourth-order valence-electron chi connectivity index (χ4n) is 1.72. The molecule has 0 aliphatic heterocycles. The fourth-order valence-corrected chi connectivity index (χ4v) is 1.72. The van der Waals surface area contributed by atoms with E-state index >= 15 is 0 Å². The van der Waals surface area contributed by atoms with E-state index in [0.717, 1.165) is 11.2 Å². The molecule has 0 aliphatic rings. The van der Waals surface area contributed by atoms with E-state index in [2.05, 4.69) is 10.1 Å². The van der Waals surface area contributed by atoms with Crippen LogP contribution >= 0.6 is 0 Å². The quantitative estimate of drug-likeness (QED) is 0.749. The number of aromatic nitrogens is 3. The van der Waals surface area contributed by atoms with Crippen LogP contribution in [0.3, 0.4) is 0 Å². The fraction of sp³-hybridized carbons (Fsp3) is 0.0769. The topological polar surface area (TPSA) is 59.7 Å². The number of aryl methyl sites for hydroxylation is 1. The second-order valence-electron chi connectivity index (χ2n) is 3.94. The number of rotatable bonds is 2. The summed E-state index contributed by atoms with van der Waals surface area (Å²) in [5.41, 5.74) is 1.71. The van der Waals surface area contributed by atoms with Crippen molar-refractivity contribution in [3.63, 3.8) is 0 Å². The summed E-state index contributed by atoms with van der Waals surface area (Å²) in [5, 5.41) is 13.5. The Bertz CT molecular complexity index is 689. The molecule has 2 aromatic heterocycles. The van der Waals surface area contributed by atoms with Gasteiger partial charge >= 0.3 is 0 Å². The van der Waals surface area contributed by atoms with Gasteiger partial charge in [0.05, 0.1) is 5.69 Å². The Labute approximate surface area is 103 Å². The SMILES string of the molecule is Cc1cc2c(Oc3ccc(O)cc3)nccn2n1. The van der Waals surface area contributed by atoms with Crippen molar-refractivity contribution in [2.75, 3.05) is 0 Å². The molecule has 3 aromatic rings. The molecule has 0 saturated carbocycles. The Balaban J connectivity index is 2.01. The van der Waals surface area contributed by atoms with Gasteiger partial charge in [0.15, 0.2) is 0 Å². The molecule has 0 radical (unpaired) electrons. The first-order chi connectivity index (χ1) is 8.72. The predicted octanol–water partition coefficient (Wildman–Crippen LogP) is 2.54. The summed E-state index contributed by atoms with van der Waals surface area (Å²) >= 11 is 0. The Kier molecular flexibility index (Phi) is 2.37. The van der Waals surface area contributed by atoms with Crippen molar-refractivity contribution >= 4 is 5.52 Å². The number of phenolic OH excluding ortho intramolecular Hbond substituents is 1. The maximum absolute atomic E-state index is 9.21. The van der Waals surface area contributed by atoms with Crippen LogP contribution in [0.4, 0.5) is 0 Å². The van der Waals surface area contributed by atoms with Gasteiger partial charge in [-0.2, -0.15) is 5.10 Å². The van der Waals surface area contributed by atoms with E-state index in [1.807, 2.05) is 13.0 Å². The molecular weight excluding hydrogens is 230 g/mol. The van der Waals surface area contributed by atoms with Gasteiger partial charge in [-0.3, -0.25) is 0 Å². The number of benzene rings is 1. The van der Waals surface area contributed by atoms with Crippen LogP contribution in [0.25, 0.3) is 5.52 Å². The summed E-state index contributed by atoms with van der Waals surface area (Å²) in [6.07, 6.45) is 3.40. The third kappa shape index (κ3) is 1.86. The third-order valence-electron chi connectivity index (χ3n) is 2.53. The molecule has 0 bridgehead atoms. The average Bonchev–Trinajstić information content (AvgIpc) is 2.73. The smallest absolute Gasteiger partial charge is 0.245 e. The summed E-state index contributed by atoms with van der Waals surface area (Å²) in [7, 11) is 0. The van der Waals surface area contributed by atoms with E-state index in [1.54, 1.807) is 41.2 Å². The molecular formula is C13H11N3O2. The van der Waals surface area contributed by atoms with Crippen LogP contribution < -0.4 is 4.74 Å². The molecule has 5 heteroatoms. The average molecular weight is 241 g/mol. The molecule has 3 rings (SSSR count). The normalized spacial score (nSPS) is 10.7. The zero-order valence-corrected chi connectivity index (χ0v) is 9.74. The zero-order valence-electron chi connectivity index (χ0n) is 9.74. The summed E-state index contributed by atoms with van der Waals surface area (Å²) in [6.45, 7) is 1.91. The highest BCUT2D eigenvalue weighted by atomic mass is 16.5. The summed E-state index contributed by atoms with van der Waals surface area (Å²) < 4.78 is 7.40. The molecule has 90 valence electrons. The lowest BCUT2D eigenvalue weighted by atomic mass is 10.3. The highest BCUT2D eigenvalue weighted by Crippen LogP contribution is 2.25. The second kappa shape index (κ2) is 4.03. The molecule has 0 spiro atoms. The van der Waals surface area contributed by atoms with E-state index < -0.39 is 0 Å². The van der Waals surface area contributed by atoms with Gasteiger partial charge in [-0.1, -0.05) is 0 Å². The number of aromatic hydroxyl groups is 1. The van der Waals surface area contributed by atoms with E-state index in [4.69, 9.17) is 4.74 Å². The maximum Gasteiger partial charge on any atom is 0.245 e. The minimum Gasteiger partial charge on any atom is -0.508 e. The first-order valence-corrected chi connectivity index (χ1v) is 5.50. The van der Waals surface area contributed by atoms with Gasteiger partial charge in [0.1, 0.15) is 17.0 Å². The number of fused-ring (bicyclic) bond motifs is 1. The highest BCUT2D eigenvalue weighted by Gasteiger charge is 2.07. The molecule has 5 nitrogen and oxygen atoms in total. The Morgan fingerprint density at radius 1 is 1.22 bits per heavy atom. The summed E-state index contributed by atoms with van der Waals surface area (Å²) in [5.74, 6) is 1.31. The van der Waals surface area contributed by atoms with Gasteiger partial charge in [0.25, 0.3) is 0 Å². The molecule has 0 saturated heterocycles. The first kappa shape index (κ1) is 10.6.